The Morgan fingerprint density at radius 3 is 2.39 bits per heavy atom. The molecular formula is C11H16N2O5. The van der Waals surface area contributed by atoms with Gasteiger partial charge in [0.2, 0.25) is 5.91 Å². The molecule has 2 aliphatic carbocycles. The lowest BCUT2D eigenvalue weighted by Crippen LogP contribution is -2.58. The molecule has 0 aromatic rings. The largest absolute Gasteiger partial charge is 0.481 e. The fraction of sp³-hybridized carbons (Fsp3) is 0.727. The molecule has 7 heteroatoms. The standard InChI is InChI=1S/C11H16N2O5/c1-4(12)8(14)13-11(10(17)18)3-2-5-6(7(5)11)9(15)16/h4-7H,2-3,12H2,1H3,(H,13,14)(H,15,16)(H,17,18)/t4-,5+,6+,7+,11+/m1/s1. The molecule has 0 bridgehead atoms. The summed E-state index contributed by atoms with van der Waals surface area (Å²) in [5, 5.41) is 20.8. The van der Waals surface area contributed by atoms with Gasteiger partial charge in [0.15, 0.2) is 0 Å². The van der Waals surface area contributed by atoms with E-state index >= 15 is 0 Å². The number of hydrogen-bond acceptors (Lipinski definition) is 4. The number of nitrogens with one attached hydrogen (secondary N) is 1. The highest BCUT2D eigenvalue weighted by Gasteiger charge is 2.72. The molecule has 5 N–H and O–H groups in total. The molecule has 7 nitrogen and oxygen atoms in total. The van der Waals surface area contributed by atoms with E-state index in [1.807, 2.05) is 0 Å². The Kier molecular flexibility index (Phi) is 2.81. The average molecular weight is 256 g/mol. The number of fused-ring (bicyclic) bond motifs is 1. The molecule has 2 saturated carbocycles. The third-order valence-corrected chi connectivity index (χ3v) is 4.04. The van der Waals surface area contributed by atoms with Crippen LogP contribution >= 0.6 is 0 Å². The fourth-order valence-electron chi connectivity index (χ4n) is 3.09. The highest BCUT2D eigenvalue weighted by atomic mass is 16.4. The molecule has 0 spiro atoms. The van der Waals surface area contributed by atoms with Crippen LogP contribution in [0.4, 0.5) is 0 Å². The molecule has 0 radical (unpaired) electrons. The lowest BCUT2D eigenvalue weighted by Gasteiger charge is -2.29. The van der Waals surface area contributed by atoms with E-state index in [1.54, 1.807) is 0 Å². The Morgan fingerprint density at radius 2 is 2.00 bits per heavy atom. The zero-order valence-corrected chi connectivity index (χ0v) is 9.92. The van der Waals surface area contributed by atoms with Crippen molar-refractivity contribution in [2.24, 2.45) is 23.5 Å². The predicted octanol–water partition coefficient (Wildman–Crippen LogP) is -0.986. The summed E-state index contributed by atoms with van der Waals surface area (Å²) in [5.74, 6) is -4.06. The van der Waals surface area contributed by atoms with Crippen LogP contribution in [0.3, 0.4) is 0 Å². The van der Waals surface area contributed by atoms with Gasteiger partial charge in [-0.1, -0.05) is 0 Å². The second kappa shape index (κ2) is 3.94. The molecule has 1 amide bonds. The molecular weight excluding hydrogens is 240 g/mol. The Hall–Kier alpha value is -1.63. The number of carboxylic acid groups (broad SMARTS) is 2. The first-order valence-corrected chi connectivity index (χ1v) is 5.85. The van der Waals surface area contributed by atoms with E-state index in [9.17, 15) is 19.5 Å². The zero-order chi connectivity index (χ0) is 13.7. The molecule has 0 aromatic heterocycles. The number of aliphatic carboxylic acids is 2. The average Bonchev–Trinajstić information content (AvgIpc) is 2.89. The summed E-state index contributed by atoms with van der Waals surface area (Å²) in [5.41, 5.74) is 3.95. The highest BCUT2D eigenvalue weighted by Crippen LogP contribution is 2.62. The Morgan fingerprint density at radius 1 is 1.39 bits per heavy atom. The van der Waals surface area contributed by atoms with Gasteiger partial charge in [0.1, 0.15) is 5.54 Å². The smallest absolute Gasteiger partial charge is 0.329 e. The van der Waals surface area contributed by atoms with Crippen LogP contribution in [0.25, 0.3) is 0 Å². The molecule has 18 heavy (non-hydrogen) atoms. The van der Waals surface area contributed by atoms with Gasteiger partial charge in [-0.3, -0.25) is 9.59 Å². The number of hydrogen-bond donors (Lipinski definition) is 4. The van der Waals surface area contributed by atoms with E-state index in [4.69, 9.17) is 10.8 Å². The molecule has 0 unspecified atom stereocenters. The third kappa shape index (κ3) is 1.66. The normalized spacial score (nSPS) is 38.7. The lowest BCUT2D eigenvalue weighted by atomic mass is 9.90. The number of nitrogens with two attached hydrogens (primary N) is 1. The van der Waals surface area contributed by atoms with E-state index in [1.165, 1.54) is 6.92 Å². The monoisotopic (exact) mass is 256 g/mol. The summed E-state index contributed by atoms with van der Waals surface area (Å²) in [6.45, 7) is 1.46. The van der Waals surface area contributed by atoms with Crippen LogP contribution in [0.2, 0.25) is 0 Å². The molecule has 0 heterocycles. The van der Waals surface area contributed by atoms with Crippen molar-refractivity contribution < 1.29 is 24.6 Å². The van der Waals surface area contributed by atoms with Crippen molar-refractivity contribution in [2.75, 3.05) is 0 Å². The van der Waals surface area contributed by atoms with Gasteiger partial charge in [0.05, 0.1) is 12.0 Å². The van der Waals surface area contributed by atoms with Crippen molar-refractivity contribution in [3.8, 4) is 0 Å². The molecule has 2 rings (SSSR count). The summed E-state index contributed by atoms with van der Waals surface area (Å²) in [6.07, 6.45) is 0.771. The van der Waals surface area contributed by atoms with Gasteiger partial charge in [-0.2, -0.15) is 0 Å². The van der Waals surface area contributed by atoms with Crippen LogP contribution in [0.1, 0.15) is 19.8 Å². The van der Waals surface area contributed by atoms with E-state index in [-0.39, 0.29) is 12.3 Å². The Balaban J connectivity index is 2.22. The number of carbonyl (C=O) groups is 3. The van der Waals surface area contributed by atoms with Crippen molar-refractivity contribution in [3.63, 3.8) is 0 Å². The summed E-state index contributed by atoms with van der Waals surface area (Å²) < 4.78 is 0. The molecule has 100 valence electrons. The first-order valence-electron chi connectivity index (χ1n) is 5.85. The Labute approximate surface area is 103 Å². The second-order valence-corrected chi connectivity index (χ2v) is 5.15. The molecule has 5 atom stereocenters. The summed E-state index contributed by atoms with van der Waals surface area (Å²) >= 11 is 0. The minimum atomic E-state index is -1.46. The minimum absolute atomic E-state index is 0.146. The van der Waals surface area contributed by atoms with Crippen LogP contribution in [0.15, 0.2) is 0 Å². The molecule has 2 aliphatic rings. The van der Waals surface area contributed by atoms with E-state index in [0.29, 0.717) is 6.42 Å². The van der Waals surface area contributed by atoms with Gasteiger partial charge in [-0.05, 0) is 25.7 Å². The van der Waals surface area contributed by atoms with E-state index < -0.39 is 41.3 Å². The van der Waals surface area contributed by atoms with Gasteiger partial charge in [-0.15, -0.1) is 0 Å². The molecule has 0 aromatic carbocycles. The van der Waals surface area contributed by atoms with Gasteiger partial charge in [-0.25, -0.2) is 4.79 Å². The van der Waals surface area contributed by atoms with E-state index in [0.717, 1.165) is 0 Å². The van der Waals surface area contributed by atoms with Crippen molar-refractivity contribution >= 4 is 17.8 Å². The number of amides is 1. The third-order valence-electron chi connectivity index (χ3n) is 4.04. The maximum absolute atomic E-state index is 11.6. The van der Waals surface area contributed by atoms with Crippen molar-refractivity contribution in [1.82, 2.24) is 5.32 Å². The van der Waals surface area contributed by atoms with Crippen LogP contribution in [0.5, 0.6) is 0 Å². The maximum atomic E-state index is 11.6. The van der Waals surface area contributed by atoms with Gasteiger partial charge < -0.3 is 21.3 Å². The van der Waals surface area contributed by atoms with Crippen LogP contribution < -0.4 is 11.1 Å². The van der Waals surface area contributed by atoms with E-state index in [2.05, 4.69) is 5.32 Å². The molecule has 2 fully saturated rings. The number of carboxylic acids is 2. The van der Waals surface area contributed by atoms with Crippen molar-refractivity contribution in [2.45, 2.75) is 31.3 Å². The van der Waals surface area contributed by atoms with Crippen molar-refractivity contribution in [3.05, 3.63) is 0 Å². The summed E-state index contributed by atoms with van der Waals surface area (Å²) in [4.78, 5) is 34.0. The number of rotatable bonds is 4. The minimum Gasteiger partial charge on any atom is -0.481 e. The van der Waals surface area contributed by atoms with Crippen LogP contribution in [-0.2, 0) is 14.4 Å². The first kappa shape index (κ1) is 12.8. The molecule has 0 saturated heterocycles. The zero-order valence-electron chi connectivity index (χ0n) is 9.92. The van der Waals surface area contributed by atoms with Gasteiger partial charge in [0, 0.05) is 5.92 Å². The SMILES string of the molecule is C[C@@H](N)C(=O)N[C@@]1(C(=O)O)CC[C@H]2[C@H](C(=O)O)[C@H]21. The Bertz CT molecular complexity index is 422. The molecule has 0 aliphatic heterocycles. The maximum Gasteiger partial charge on any atom is 0.329 e. The van der Waals surface area contributed by atoms with Gasteiger partial charge in [0.25, 0.3) is 0 Å². The summed E-state index contributed by atoms with van der Waals surface area (Å²) in [6, 6.07) is -0.817. The highest BCUT2D eigenvalue weighted by molar-refractivity contribution is 5.92. The number of carbonyl (C=O) groups excluding carboxylic acids is 1. The predicted molar refractivity (Wildman–Crippen MR) is 59.5 cm³/mol. The van der Waals surface area contributed by atoms with Gasteiger partial charge >= 0.3 is 11.9 Å². The first-order chi connectivity index (χ1) is 8.31. The quantitative estimate of drug-likeness (QED) is 0.511. The fourth-order valence-corrected chi connectivity index (χ4v) is 3.09. The topological polar surface area (TPSA) is 130 Å². The lowest BCUT2D eigenvalue weighted by molar-refractivity contribution is -0.150. The van der Waals surface area contributed by atoms with Crippen molar-refractivity contribution in [1.29, 1.82) is 0 Å². The van der Waals surface area contributed by atoms with Crippen LogP contribution in [-0.4, -0.2) is 39.6 Å². The second-order valence-electron chi connectivity index (χ2n) is 5.15. The summed E-state index contributed by atoms with van der Waals surface area (Å²) in [7, 11) is 0. The van der Waals surface area contributed by atoms with Crippen LogP contribution in [0, 0.1) is 17.8 Å².